The largest absolute Gasteiger partial charge is 0.479 e. The van der Waals surface area contributed by atoms with Crippen LogP contribution in [0.25, 0.3) is 32.8 Å². The number of nitrogens with zero attached hydrogens (tertiary/aromatic N) is 2. The summed E-state index contributed by atoms with van der Waals surface area (Å²) in [7, 11) is 1.60. The van der Waals surface area contributed by atoms with Crippen molar-refractivity contribution in [3.05, 3.63) is 76.8 Å². The SMILES string of the molecule is Cn1c(C(OC(C)(C)C)C(=O)O)c(-c2ccc3ncccc3c2)c2ccccc2c1=O. The van der Waals surface area contributed by atoms with Gasteiger partial charge in [-0.1, -0.05) is 30.3 Å². The van der Waals surface area contributed by atoms with Crippen molar-refractivity contribution in [1.29, 1.82) is 0 Å². The molecule has 4 rings (SSSR count). The molecule has 0 fully saturated rings. The number of ether oxygens (including phenoxy) is 1. The summed E-state index contributed by atoms with van der Waals surface area (Å²) < 4.78 is 7.35. The normalized spacial score (nSPS) is 12.9. The first-order valence-electron chi connectivity index (χ1n) is 10.0. The lowest BCUT2D eigenvalue weighted by atomic mass is 9.93. The fraction of sp³-hybridized carbons (Fsp3) is 0.240. The number of aliphatic carboxylic acids is 1. The molecule has 0 aliphatic heterocycles. The van der Waals surface area contributed by atoms with Crippen molar-refractivity contribution >= 4 is 27.6 Å². The van der Waals surface area contributed by atoms with Gasteiger partial charge in [0, 0.05) is 29.6 Å². The van der Waals surface area contributed by atoms with Crippen LogP contribution in [0.2, 0.25) is 0 Å². The van der Waals surface area contributed by atoms with E-state index >= 15 is 0 Å². The maximum Gasteiger partial charge on any atom is 0.339 e. The number of aromatic nitrogens is 2. The number of carboxylic acids is 1. The van der Waals surface area contributed by atoms with E-state index in [1.807, 2.05) is 42.5 Å². The molecule has 4 aromatic rings. The van der Waals surface area contributed by atoms with E-state index in [1.165, 1.54) is 4.57 Å². The van der Waals surface area contributed by atoms with E-state index < -0.39 is 17.7 Å². The van der Waals surface area contributed by atoms with Gasteiger partial charge in [0.15, 0.2) is 6.10 Å². The molecule has 0 saturated heterocycles. The van der Waals surface area contributed by atoms with Crippen molar-refractivity contribution in [3.8, 4) is 11.1 Å². The molecule has 6 nitrogen and oxygen atoms in total. The Balaban J connectivity index is 2.13. The van der Waals surface area contributed by atoms with Gasteiger partial charge in [0.2, 0.25) is 0 Å². The van der Waals surface area contributed by atoms with Gasteiger partial charge in [-0.15, -0.1) is 0 Å². The first kappa shape index (κ1) is 20.8. The Morgan fingerprint density at radius 3 is 2.45 bits per heavy atom. The molecule has 0 amide bonds. The van der Waals surface area contributed by atoms with Gasteiger partial charge in [0.25, 0.3) is 5.56 Å². The topological polar surface area (TPSA) is 81.4 Å². The van der Waals surface area contributed by atoms with Crippen LogP contribution in [0.15, 0.2) is 65.6 Å². The monoisotopic (exact) mass is 416 g/mol. The smallest absolute Gasteiger partial charge is 0.339 e. The quantitative estimate of drug-likeness (QED) is 0.522. The second-order valence-electron chi connectivity index (χ2n) is 8.53. The molecule has 1 N–H and O–H groups in total. The first-order valence-corrected chi connectivity index (χ1v) is 10.0. The molecule has 0 saturated carbocycles. The first-order chi connectivity index (χ1) is 14.7. The zero-order chi connectivity index (χ0) is 22.3. The molecular formula is C25H24N2O4. The highest BCUT2D eigenvalue weighted by molar-refractivity contribution is 6.00. The van der Waals surface area contributed by atoms with Gasteiger partial charge >= 0.3 is 5.97 Å². The van der Waals surface area contributed by atoms with Crippen molar-refractivity contribution in [3.63, 3.8) is 0 Å². The number of carbonyl (C=O) groups is 1. The van der Waals surface area contributed by atoms with Gasteiger partial charge in [-0.2, -0.15) is 0 Å². The van der Waals surface area contributed by atoms with Crippen LogP contribution in [-0.2, 0) is 16.6 Å². The third-order valence-corrected chi connectivity index (χ3v) is 5.18. The fourth-order valence-corrected chi connectivity index (χ4v) is 3.90. The standard InChI is InChI=1S/C25H24N2O4/c1-25(2,3)31-22(24(29)30)21-20(16-11-12-19-15(14-16)8-7-13-26-19)17-9-5-6-10-18(17)23(28)27(21)4/h5-14,22H,1-4H3,(H,29,30). The summed E-state index contributed by atoms with van der Waals surface area (Å²) in [5.74, 6) is -1.15. The van der Waals surface area contributed by atoms with Crippen LogP contribution in [0.4, 0.5) is 0 Å². The van der Waals surface area contributed by atoms with Gasteiger partial charge in [0.1, 0.15) is 0 Å². The fourth-order valence-electron chi connectivity index (χ4n) is 3.90. The van der Waals surface area contributed by atoms with Crippen LogP contribution in [0.5, 0.6) is 0 Å². The highest BCUT2D eigenvalue weighted by Gasteiger charge is 2.32. The minimum absolute atomic E-state index is 0.263. The maximum atomic E-state index is 13.1. The minimum Gasteiger partial charge on any atom is -0.479 e. The molecule has 0 aliphatic rings. The van der Waals surface area contributed by atoms with Gasteiger partial charge < -0.3 is 14.4 Å². The highest BCUT2D eigenvalue weighted by Crippen LogP contribution is 2.37. The Morgan fingerprint density at radius 2 is 1.77 bits per heavy atom. The molecule has 0 spiro atoms. The minimum atomic E-state index is -1.32. The molecule has 0 bridgehead atoms. The lowest BCUT2D eigenvalue weighted by molar-refractivity contribution is -0.161. The molecular weight excluding hydrogens is 392 g/mol. The molecule has 2 aromatic heterocycles. The average molecular weight is 416 g/mol. The number of carboxylic acid groups (broad SMARTS) is 1. The average Bonchev–Trinajstić information content (AvgIpc) is 2.73. The molecule has 6 heteroatoms. The summed E-state index contributed by atoms with van der Waals surface area (Å²) in [6.45, 7) is 5.39. The summed E-state index contributed by atoms with van der Waals surface area (Å²) in [5, 5.41) is 12.2. The Bertz CT molecular complexity index is 1370. The van der Waals surface area contributed by atoms with Crippen molar-refractivity contribution in [2.75, 3.05) is 0 Å². The van der Waals surface area contributed by atoms with Crippen LogP contribution < -0.4 is 5.56 Å². The van der Waals surface area contributed by atoms with E-state index in [2.05, 4.69) is 4.98 Å². The Kier molecular flexibility index (Phi) is 5.11. The van der Waals surface area contributed by atoms with Crippen LogP contribution in [0, 0.1) is 0 Å². The van der Waals surface area contributed by atoms with Crippen molar-refractivity contribution in [1.82, 2.24) is 9.55 Å². The molecule has 158 valence electrons. The summed E-state index contributed by atoms with van der Waals surface area (Å²) >= 11 is 0. The molecule has 1 unspecified atom stereocenters. The number of pyridine rings is 2. The van der Waals surface area contributed by atoms with Gasteiger partial charge in [-0.05, 0) is 56.0 Å². The summed E-state index contributed by atoms with van der Waals surface area (Å²) in [6, 6.07) is 16.8. The molecule has 31 heavy (non-hydrogen) atoms. The van der Waals surface area contributed by atoms with E-state index in [4.69, 9.17) is 4.74 Å². The third-order valence-electron chi connectivity index (χ3n) is 5.18. The predicted molar refractivity (Wildman–Crippen MR) is 121 cm³/mol. The zero-order valence-electron chi connectivity index (χ0n) is 17.9. The lowest BCUT2D eigenvalue weighted by Gasteiger charge is -2.28. The molecule has 0 aliphatic carbocycles. The van der Waals surface area contributed by atoms with Gasteiger partial charge in [-0.25, -0.2) is 4.79 Å². The Labute approximate surface area is 179 Å². The second-order valence-corrected chi connectivity index (χ2v) is 8.53. The predicted octanol–water partition coefficient (Wildman–Crippen LogP) is 4.69. The molecule has 0 radical (unpaired) electrons. The number of fused-ring (bicyclic) bond motifs is 2. The van der Waals surface area contributed by atoms with E-state index in [0.29, 0.717) is 22.0 Å². The van der Waals surface area contributed by atoms with E-state index in [0.717, 1.165) is 16.5 Å². The third kappa shape index (κ3) is 3.82. The van der Waals surface area contributed by atoms with Gasteiger partial charge in [0.05, 0.1) is 16.8 Å². The summed E-state index contributed by atoms with van der Waals surface area (Å²) in [6.07, 6.45) is 0.411. The van der Waals surface area contributed by atoms with Crippen molar-refractivity contribution < 1.29 is 14.6 Å². The van der Waals surface area contributed by atoms with Crippen molar-refractivity contribution in [2.45, 2.75) is 32.5 Å². The number of rotatable bonds is 4. The number of benzene rings is 2. The molecule has 2 aromatic carbocycles. The summed E-state index contributed by atoms with van der Waals surface area (Å²) in [4.78, 5) is 29.8. The Hall–Kier alpha value is -3.51. The van der Waals surface area contributed by atoms with Crippen LogP contribution >= 0.6 is 0 Å². The Morgan fingerprint density at radius 1 is 1.06 bits per heavy atom. The lowest BCUT2D eigenvalue weighted by Crippen LogP contribution is -2.32. The molecule has 1 atom stereocenters. The van der Waals surface area contributed by atoms with Gasteiger partial charge in [-0.3, -0.25) is 9.78 Å². The van der Waals surface area contributed by atoms with E-state index in [9.17, 15) is 14.7 Å². The number of hydrogen-bond acceptors (Lipinski definition) is 4. The van der Waals surface area contributed by atoms with Crippen LogP contribution in [0.3, 0.4) is 0 Å². The maximum absolute atomic E-state index is 13.1. The zero-order valence-corrected chi connectivity index (χ0v) is 17.9. The van der Waals surface area contributed by atoms with Crippen molar-refractivity contribution in [2.24, 2.45) is 7.05 Å². The van der Waals surface area contributed by atoms with E-state index in [-0.39, 0.29) is 5.56 Å². The van der Waals surface area contributed by atoms with Crippen LogP contribution in [-0.4, -0.2) is 26.2 Å². The summed E-state index contributed by atoms with van der Waals surface area (Å²) in [5.41, 5.74) is 1.62. The van der Waals surface area contributed by atoms with Crippen LogP contribution in [0.1, 0.15) is 32.6 Å². The highest BCUT2D eigenvalue weighted by atomic mass is 16.5. The molecule has 2 heterocycles. The van der Waals surface area contributed by atoms with E-state index in [1.54, 1.807) is 46.1 Å². The second kappa shape index (κ2) is 7.63. The number of hydrogen-bond donors (Lipinski definition) is 1.